The van der Waals surface area contributed by atoms with Crippen molar-refractivity contribution in [2.24, 2.45) is 0 Å². The van der Waals surface area contributed by atoms with Gasteiger partial charge in [0.15, 0.2) is 17.5 Å². The van der Waals surface area contributed by atoms with Crippen molar-refractivity contribution < 1.29 is 16.4 Å². The molecule has 13 rings (SSSR count). The van der Waals surface area contributed by atoms with Crippen molar-refractivity contribution in [1.82, 2.24) is 24.1 Å². The zero-order chi connectivity index (χ0) is 51.9. The van der Waals surface area contributed by atoms with E-state index < -0.39 is 0 Å². The predicted molar refractivity (Wildman–Crippen MR) is 263 cm³/mol. The van der Waals surface area contributed by atoms with Crippen molar-refractivity contribution in [3.05, 3.63) is 212 Å². The smallest absolute Gasteiger partial charge is 0.164 e. The van der Waals surface area contributed by atoms with Crippen molar-refractivity contribution in [3.8, 4) is 56.7 Å². The van der Waals surface area contributed by atoms with Crippen LogP contribution >= 0.6 is 11.3 Å². The number of aromatic nitrogens is 5. The first-order valence-corrected chi connectivity index (χ1v) is 21.0. The number of hydrogen-bond donors (Lipinski definition) is 0. The number of para-hydroxylation sites is 3. The minimum atomic E-state index is -0.351. The average Bonchev–Trinajstić information content (AvgIpc) is 4.26. The van der Waals surface area contributed by atoms with Gasteiger partial charge in [0.05, 0.1) is 44.2 Å². The second-order valence-corrected chi connectivity index (χ2v) is 16.1. The maximum Gasteiger partial charge on any atom is 0.164 e. The van der Waals surface area contributed by atoms with Crippen LogP contribution in [-0.2, 0) is 0 Å². The molecular weight excluding hydrogens is 787 g/mol. The van der Waals surface area contributed by atoms with Gasteiger partial charge in [-0.2, -0.15) is 0 Å². The molecule has 9 aromatic carbocycles. The molecule has 0 aliphatic heterocycles. The Kier molecular flexibility index (Phi) is 5.76. The third kappa shape index (κ3) is 5.59. The molecule has 0 atom stereocenters. The van der Waals surface area contributed by atoms with E-state index in [0.717, 1.165) is 11.1 Å². The monoisotopic (exact) mass is 833 g/mol. The maximum absolute atomic E-state index is 9.86. The largest absolute Gasteiger partial charge is 0.307 e. The molecule has 63 heavy (non-hydrogen) atoms. The predicted octanol–water partition coefficient (Wildman–Crippen LogP) is 15.1. The fraction of sp³-hybridized carbons (Fsp3) is 0. The molecule has 0 saturated carbocycles. The Bertz CT molecular complexity index is 4560. The zero-order valence-corrected chi connectivity index (χ0v) is 33.7. The fourth-order valence-corrected chi connectivity index (χ4v) is 9.83. The van der Waals surface area contributed by atoms with Crippen molar-refractivity contribution >= 4 is 75.1 Å². The standard InChI is InChI=1S/C57H35N5S/c1-4-17-36(18-5-1)55-58-56(37-19-6-2-7-20-37)60-57(59-55)38-31-34-50(47(35-38)46-27-16-26-45-42-25-12-15-30-51(42)63-54(45)46)62-49-29-14-11-24-41(49)44-33-32-43-40-23-10-13-28-48(40)61(52(43)53(44)62)39-21-8-3-9-22-39/h1-35H/i10D,11D,12D,13D,16D,23D,24D,25D,26D,30D,32D,33D. The van der Waals surface area contributed by atoms with E-state index in [1.807, 2.05) is 118 Å². The Morgan fingerprint density at radius 2 is 1.00 bits per heavy atom. The third-order valence-electron chi connectivity index (χ3n) is 11.5. The summed E-state index contributed by atoms with van der Waals surface area (Å²) < 4.78 is 115. The van der Waals surface area contributed by atoms with Crippen LogP contribution in [0.4, 0.5) is 0 Å². The lowest BCUT2D eigenvalue weighted by atomic mass is 9.98. The maximum atomic E-state index is 9.86. The topological polar surface area (TPSA) is 48.5 Å². The SMILES string of the molecule is [2H]c1cc2c(c([2H])c1[2H])c1c([2H])c([2H])c3c4c([2H])c([2H])ccc4n(-c4ccc(-c5nc(-c6ccccc6)nc(-c6ccccc6)n5)cc4-c4cc([2H])c([2H])c5c4sc4c([2H])cc([2H])c([2H])c45)c3c1n2-c1ccccc1. The summed E-state index contributed by atoms with van der Waals surface area (Å²) >= 11 is 1.17. The van der Waals surface area contributed by atoms with Crippen LogP contribution in [0.3, 0.4) is 0 Å². The minimum absolute atomic E-state index is 0.00700. The molecule has 0 aliphatic rings. The van der Waals surface area contributed by atoms with Crippen molar-refractivity contribution in [2.75, 3.05) is 0 Å². The Labute approximate surface area is 383 Å². The number of thiophene rings is 1. The summed E-state index contributed by atoms with van der Waals surface area (Å²) in [4.78, 5) is 15.0. The van der Waals surface area contributed by atoms with E-state index in [4.69, 9.17) is 23.2 Å². The highest BCUT2D eigenvalue weighted by Gasteiger charge is 2.24. The first-order chi connectivity index (χ1) is 36.2. The molecule has 4 aromatic heterocycles. The molecular formula is C57H35N5S. The molecule has 0 fully saturated rings. The van der Waals surface area contributed by atoms with Crippen LogP contribution in [0.25, 0.3) is 120 Å². The van der Waals surface area contributed by atoms with Gasteiger partial charge in [0.1, 0.15) is 0 Å². The molecule has 0 aliphatic carbocycles. The van der Waals surface area contributed by atoms with Gasteiger partial charge < -0.3 is 9.13 Å². The van der Waals surface area contributed by atoms with E-state index in [0.29, 0.717) is 77.0 Å². The zero-order valence-electron chi connectivity index (χ0n) is 44.9. The summed E-state index contributed by atoms with van der Waals surface area (Å²) in [6.07, 6.45) is 0. The lowest BCUT2D eigenvalue weighted by Crippen LogP contribution is -2.03. The Hall–Kier alpha value is -8.19. The van der Waals surface area contributed by atoms with Crippen molar-refractivity contribution in [2.45, 2.75) is 0 Å². The van der Waals surface area contributed by atoms with Gasteiger partial charge in [-0.25, -0.2) is 15.0 Å². The van der Waals surface area contributed by atoms with Gasteiger partial charge in [0, 0.05) is 75.2 Å². The van der Waals surface area contributed by atoms with E-state index in [9.17, 15) is 8.22 Å². The summed E-state index contributed by atoms with van der Waals surface area (Å²) in [5.41, 5.74) is 5.26. The minimum Gasteiger partial charge on any atom is -0.307 e. The molecule has 4 heterocycles. The molecule has 0 saturated heterocycles. The van der Waals surface area contributed by atoms with E-state index in [1.165, 1.54) is 29.5 Å². The van der Waals surface area contributed by atoms with E-state index in [-0.39, 0.29) is 105 Å². The van der Waals surface area contributed by atoms with Crippen LogP contribution in [0, 0.1) is 0 Å². The lowest BCUT2D eigenvalue weighted by molar-refractivity contribution is 1.07. The molecule has 6 heteroatoms. The Morgan fingerprint density at radius 1 is 0.397 bits per heavy atom. The fourth-order valence-electron chi connectivity index (χ4n) is 8.72. The quantitative estimate of drug-likeness (QED) is 0.168. The van der Waals surface area contributed by atoms with Crippen molar-refractivity contribution in [3.63, 3.8) is 0 Å². The molecule has 294 valence electrons. The van der Waals surface area contributed by atoms with Gasteiger partial charge >= 0.3 is 0 Å². The summed E-state index contributed by atoms with van der Waals surface area (Å²) in [5.74, 6) is 1.10. The lowest BCUT2D eigenvalue weighted by Gasteiger charge is -2.18. The molecule has 0 radical (unpaired) electrons. The van der Waals surface area contributed by atoms with Crippen LogP contribution in [0.5, 0.6) is 0 Å². The van der Waals surface area contributed by atoms with Crippen LogP contribution in [-0.4, -0.2) is 24.1 Å². The third-order valence-corrected chi connectivity index (χ3v) is 12.6. The highest BCUT2D eigenvalue weighted by molar-refractivity contribution is 7.26. The Morgan fingerprint density at radius 3 is 1.73 bits per heavy atom. The van der Waals surface area contributed by atoms with Crippen LogP contribution in [0.15, 0.2) is 212 Å². The summed E-state index contributed by atoms with van der Waals surface area (Å²) in [6, 6.07) is 38.8. The van der Waals surface area contributed by atoms with Crippen LogP contribution < -0.4 is 0 Å². The van der Waals surface area contributed by atoms with Gasteiger partial charge in [-0.15, -0.1) is 11.3 Å². The molecule has 0 amide bonds. The van der Waals surface area contributed by atoms with Gasteiger partial charge in [0.25, 0.3) is 0 Å². The van der Waals surface area contributed by atoms with Gasteiger partial charge in [-0.1, -0.05) is 164 Å². The molecule has 0 spiro atoms. The second-order valence-electron chi connectivity index (χ2n) is 15.0. The van der Waals surface area contributed by atoms with Crippen LogP contribution in [0.1, 0.15) is 16.4 Å². The number of hydrogen-bond acceptors (Lipinski definition) is 4. The highest BCUT2D eigenvalue weighted by atomic mass is 32.1. The van der Waals surface area contributed by atoms with Gasteiger partial charge in [0.2, 0.25) is 0 Å². The van der Waals surface area contributed by atoms with Gasteiger partial charge in [-0.3, -0.25) is 0 Å². The first-order valence-electron chi connectivity index (χ1n) is 26.2. The summed E-state index contributed by atoms with van der Waals surface area (Å²) in [7, 11) is 0. The normalized spacial score (nSPS) is 14.5. The molecule has 0 bridgehead atoms. The van der Waals surface area contributed by atoms with Gasteiger partial charge in [-0.05, 0) is 48.5 Å². The number of nitrogens with zero attached hydrogens (tertiary/aromatic N) is 5. The molecule has 0 N–H and O–H groups in total. The first kappa shape index (κ1) is 25.6. The molecule has 13 aromatic rings. The summed E-state index contributed by atoms with van der Waals surface area (Å²) in [5, 5.41) is 1.19. The highest BCUT2D eigenvalue weighted by Crippen LogP contribution is 2.46. The molecule has 0 unspecified atom stereocenters. The number of rotatable bonds is 6. The van der Waals surface area contributed by atoms with E-state index in [2.05, 4.69) is 0 Å². The van der Waals surface area contributed by atoms with Crippen LogP contribution in [0.2, 0.25) is 0 Å². The van der Waals surface area contributed by atoms with Crippen molar-refractivity contribution in [1.29, 1.82) is 0 Å². The Balaban J connectivity index is 1.25. The number of benzene rings is 9. The van der Waals surface area contributed by atoms with E-state index >= 15 is 0 Å². The summed E-state index contributed by atoms with van der Waals surface area (Å²) in [6.45, 7) is 0. The second kappa shape index (κ2) is 14.2. The molecule has 5 nitrogen and oxygen atoms in total. The number of fused-ring (bicyclic) bond motifs is 10. The van der Waals surface area contributed by atoms with E-state index in [1.54, 1.807) is 12.1 Å². The average molecular weight is 834 g/mol.